The molecule has 1 aromatic rings. The lowest BCUT2D eigenvalue weighted by Crippen LogP contribution is -2.01. The van der Waals surface area contributed by atoms with Gasteiger partial charge < -0.3 is 9.47 Å². The van der Waals surface area contributed by atoms with Gasteiger partial charge in [-0.1, -0.05) is 0 Å². The molecule has 0 aromatic carbocycles. The van der Waals surface area contributed by atoms with Gasteiger partial charge in [-0.25, -0.2) is 0 Å². The summed E-state index contributed by atoms with van der Waals surface area (Å²) in [5, 5.41) is 4.05. The molecule has 0 fully saturated rings. The van der Waals surface area contributed by atoms with Gasteiger partial charge in [-0.05, 0) is 13.8 Å². The molecule has 0 atom stereocenters. The fraction of sp³-hybridized carbons (Fsp3) is 0.625. The lowest BCUT2D eigenvalue weighted by molar-refractivity contribution is 0.0223. The van der Waals surface area contributed by atoms with Crippen LogP contribution in [-0.4, -0.2) is 23.2 Å². The molecule has 0 amide bonds. The predicted octanol–water partition coefficient (Wildman–Crippen LogP) is 1.28. The molecule has 0 N–H and O–H groups in total. The Hall–Kier alpha value is -1.03. The van der Waals surface area contributed by atoms with Gasteiger partial charge in [-0.3, -0.25) is 4.68 Å². The van der Waals surface area contributed by atoms with Crippen LogP contribution in [0.1, 0.15) is 13.8 Å². The van der Waals surface area contributed by atoms with Crippen LogP contribution in [0.5, 0.6) is 5.75 Å². The van der Waals surface area contributed by atoms with Gasteiger partial charge in [0.15, 0.2) is 12.5 Å². The fourth-order valence-electron chi connectivity index (χ4n) is 0.785. The summed E-state index contributed by atoms with van der Waals surface area (Å²) in [6.45, 7) is 5.78. The van der Waals surface area contributed by atoms with E-state index >= 15 is 0 Å². The summed E-state index contributed by atoms with van der Waals surface area (Å²) in [6, 6.07) is 0. The molecule has 0 aliphatic rings. The number of nitrogens with zero attached hydrogens (tertiary/aromatic N) is 2. The van der Waals surface area contributed by atoms with Crippen LogP contribution in [0.3, 0.4) is 0 Å². The third-order valence-corrected chi connectivity index (χ3v) is 1.45. The van der Waals surface area contributed by atoms with Crippen LogP contribution in [0.2, 0.25) is 0 Å². The lowest BCUT2D eigenvalue weighted by Gasteiger charge is -2.01. The first-order chi connectivity index (χ1) is 5.86. The topological polar surface area (TPSA) is 36.3 Å². The van der Waals surface area contributed by atoms with Crippen LogP contribution in [0.25, 0.3) is 0 Å². The van der Waals surface area contributed by atoms with E-state index < -0.39 is 0 Å². The van der Waals surface area contributed by atoms with Crippen LogP contribution in [0, 0.1) is 0 Å². The highest BCUT2D eigenvalue weighted by Crippen LogP contribution is 2.07. The summed E-state index contributed by atoms with van der Waals surface area (Å²) in [7, 11) is 0. The minimum absolute atomic E-state index is 0.298. The second kappa shape index (κ2) is 4.77. The smallest absolute Gasteiger partial charge is 0.189 e. The van der Waals surface area contributed by atoms with Crippen molar-refractivity contribution >= 4 is 0 Å². The second-order valence-electron chi connectivity index (χ2n) is 2.29. The number of aromatic nitrogens is 2. The molecule has 1 aromatic heterocycles. The van der Waals surface area contributed by atoms with Gasteiger partial charge in [0.2, 0.25) is 0 Å². The largest absolute Gasteiger partial charge is 0.464 e. The number of hydrogen-bond donors (Lipinski definition) is 0. The molecule has 0 aliphatic carbocycles. The first kappa shape index (κ1) is 9.06. The summed E-state index contributed by atoms with van der Waals surface area (Å²) in [5.74, 6) is 0.755. The van der Waals surface area contributed by atoms with Gasteiger partial charge in [0.1, 0.15) is 0 Å². The molecule has 0 radical (unpaired) electrons. The van der Waals surface area contributed by atoms with Gasteiger partial charge >= 0.3 is 0 Å². The molecule has 0 spiro atoms. The average molecular weight is 170 g/mol. The van der Waals surface area contributed by atoms with E-state index in [2.05, 4.69) is 5.10 Å². The van der Waals surface area contributed by atoms with E-state index in [-0.39, 0.29) is 0 Å². The monoisotopic (exact) mass is 170 g/mol. The zero-order valence-electron chi connectivity index (χ0n) is 7.49. The number of ether oxygens (including phenoxy) is 2. The lowest BCUT2D eigenvalue weighted by atomic mass is 10.6. The minimum atomic E-state index is 0.298. The van der Waals surface area contributed by atoms with Crippen molar-refractivity contribution in [2.45, 2.75) is 20.4 Å². The Balaban J connectivity index is 2.31. The van der Waals surface area contributed by atoms with Crippen LogP contribution in [-0.2, 0) is 11.3 Å². The van der Waals surface area contributed by atoms with Gasteiger partial charge in [-0.2, -0.15) is 5.10 Å². The van der Waals surface area contributed by atoms with Crippen molar-refractivity contribution in [3.63, 3.8) is 0 Å². The molecule has 0 aliphatic heterocycles. The van der Waals surface area contributed by atoms with Crippen LogP contribution in [0.4, 0.5) is 0 Å². The molecule has 12 heavy (non-hydrogen) atoms. The molecule has 68 valence electrons. The molecule has 4 nitrogen and oxygen atoms in total. The van der Waals surface area contributed by atoms with Gasteiger partial charge in [0, 0.05) is 13.2 Å². The maximum atomic E-state index is 5.22. The second-order valence-corrected chi connectivity index (χ2v) is 2.29. The third-order valence-electron chi connectivity index (χ3n) is 1.45. The Morgan fingerprint density at radius 3 is 2.92 bits per heavy atom. The molecular formula is C8H14N2O2. The maximum absolute atomic E-state index is 5.22. The SMILES string of the molecule is CCOCOc1cnn(CC)c1. The van der Waals surface area contributed by atoms with Crippen LogP contribution < -0.4 is 4.74 Å². The Bertz CT molecular complexity index is 223. The van der Waals surface area contributed by atoms with Crippen molar-refractivity contribution in [3.8, 4) is 5.75 Å². The number of hydrogen-bond acceptors (Lipinski definition) is 3. The molecule has 4 heteroatoms. The van der Waals surface area contributed by atoms with E-state index in [1.165, 1.54) is 0 Å². The van der Waals surface area contributed by atoms with Crippen LogP contribution in [0.15, 0.2) is 12.4 Å². The highest BCUT2D eigenvalue weighted by Gasteiger charge is 1.96. The number of aryl methyl sites for hydroxylation is 1. The number of rotatable bonds is 5. The van der Waals surface area contributed by atoms with E-state index in [0.29, 0.717) is 13.4 Å². The summed E-state index contributed by atoms with van der Waals surface area (Å²) >= 11 is 0. The van der Waals surface area contributed by atoms with Gasteiger partial charge in [0.05, 0.1) is 12.4 Å². The van der Waals surface area contributed by atoms with Crippen molar-refractivity contribution < 1.29 is 9.47 Å². The van der Waals surface area contributed by atoms with Crippen molar-refractivity contribution in [1.82, 2.24) is 9.78 Å². The van der Waals surface area contributed by atoms with E-state index in [9.17, 15) is 0 Å². The van der Waals surface area contributed by atoms with Crippen molar-refractivity contribution in [3.05, 3.63) is 12.4 Å². The van der Waals surface area contributed by atoms with Gasteiger partial charge in [0.25, 0.3) is 0 Å². The zero-order valence-corrected chi connectivity index (χ0v) is 7.49. The fourth-order valence-corrected chi connectivity index (χ4v) is 0.785. The summed E-state index contributed by atoms with van der Waals surface area (Å²) < 4.78 is 12.1. The first-order valence-electron chi connectivity index (χ1n) is 4.09. The predicted molar refractivity (Wildman–Crippen MR) is 45.0 cm³/mol. The quantitative estimate of drug-likeness (QED) is 0.493. The van der Waals surface area contributed by atoms with E-state index in [4.69, 9.17) is 9.47 Å². The normalized spacial score (nSPS) is 10.2. The molecular weight excluding hydrogens is 156 g/mol. The Morgan fingerprint density at radius 2 is 2.33 bits per heavy atom. The Morgan fingerprint density at radius 1 is 1.50 bits per heavy atom. The highest BCUT2D eigenvalue weighted by atomic mass is 16.7. The molecule has 1 rings (SSSR count). The Kier molecular flexibility index (Phi) is 3.60. The summed E-state index contributed by atoms with van der Waals surface area (Å²) in [5.41, 5.74) is 0. The minimum Gasteiger partial charge on any atom is -0.464 e. The zero-order chi connectivity index (χ0) is 8.81. The van der Waals surface area contributed by atoms with E-state index in [0.717, 1.165) is 12.3 Å². The molecule has 0 saturated heterocycles. The standard InChI is InChI=1S/C8H14N2O2/c1-3-10-6-8(5-9-10)12-7-11-4-2/h5-6H,3-4,7H2,1-2H3. The van der Waals surface area contributed by atoms with Crippen molar-refractivity contribution in [2.24, 2.45) is 0 Å². The third kappa shape index (κ3) is 2.54. The van der Waals surface area contributed by atoms with E-state index in [1.54, 1.807) is 10.9 Å². The van der Waals surface area contributed by atoms with Crippen LogP contribution >= 0.6 is 0 Å². The molecule has 0 unspecified atom stereocenters. The molecule has 0 bridgehead atoms. The van der Waals surface area contributed by atoms with Gasteiger partial charge in [-0.15, -0.1) is 0 Å². The highest BCUT2D eigenvalue weighted by molar-refractivity contribution is 5.11. The first-order valence-corrected chi connectivity index (χ1v) is 4.09. The maximum Gasteiger partial charge on any atom is 0.189 e. The average Bonchev–Trinajstić information content (AvgIpc) is 2.53. The Labute approximate surface area is 72.1 Å². The van der Waals surface area contributed by atoms with E-state index in [1.807, 2.05) is 20.0 Å². The summed E-state index contributed by atoms with van der Waals surface area (Å²) in [4.78, 5) is 0. The van der Waals surface area contributed by atoms with Crippen molar-refractivity contribution in [1.29, 1.82) is 0 Å². The van der Waals surface area contributed by atoms with Crippen molar-refractivity contribution in [2.75, 3.05) is 13.4 Å². The molecule has 0 saturated carbocycles. The molecule has 1 heterocycles. The summed E-state index contributed by atoms with van der Waals surface area (Å²) in [6.07, 6.45) is 3.53.